The van der Waals surface area contributed by atoms with Crippen molar-refractivity contribution in [1.82, 2.24) is 9.88 Å². The van der Waals surface area contributed by atoms with Crippen LogP contribution in [0.4, 0.5) is 5.69 Å². The molecule has 0 bridgehead atoms. The first-order chi connectivity index (χ1) is 15.2. The number of piperazine rings is 1. The van der Waals surface area contributed by atoms with E-state index in [-0.39, 0.29) is 5.91 Å². The molecule has 1 aliphatic rings. The molecule has 162 valence electrons. The normalized spacial score (nSPS) is 13.9. The SMILES string of the molecule is COc1ccc(-c2cnc(CCC(=O)N3CCN(c4ccc(OC)cc4)CC3)o2)cc1. The summed E-state index contributed by atoms with van der Waals surface area (Å²) in [5.41, 5.74) is 2.08. The molecule has 0 unspecified atom stereocenters. The van der Waals surface area contributed by atoms with E-state index in [2.05, 4.69) is 22.0 Å². The van der Waals surface area contributed by atoms with Crippen LogP contribution in [0.5, 0.6) is 11.5 Å². The van der Waals surface area contributed by atoms with Crippen LogP contribution in [-0.4, -0.2) is 56.2 Å². The minimum atomic E-state index is 0.138. The second-order valence-electron chi connectivity index (χ2n) is 7.41. The Kier molecular flexibility index (Phi) is 6.40. The average Bonchev–Trinajstić information content (AvgIpc) is 3.32. The first-order valence-electron chi connectivity index (χ1n) is 10.4. The van der Waals surface area contributed by atoms with Gasteiger partial charge in [0.25, 0.3) is 0 Å². The van der Waals surface area contributed by atoms with Crippen molar-refractivity contribution in [3.05, 3.63) is 60.6 Å². The number of hydrogen-bond donors (Lipinski definition) is 0. The molecule has 31 heavy (non-hydrogen) atoms. The number of nitrogens with zero attached hydrogens (tertiary/aromatic N) is 3. The van der Waals surface area contributed by atoms with Gasteiger partial charge in [0.05, 0.1) is 20.4 Å². The maximum atomic E-state index is 12.7. The average molecular weight is 421 g/mol. The zero-order valence-electron chi connectivity index (χ0n) is 17.9. The van der Waals surface area contributed by atoms with Crippen LogP contribution in [-0.2, 0) is 11.2 Å². The molecule has 1 amide bonds. The molecule has 1 fully saturated rings. The Morgan fingerprint density at radius 3 is 2.16 bits per heavy atom. The number of ether oxygens (including phenoxy) is 2. The van der Waals surface area contributed by atoms with Crippen molar-refractivity contribution < 1.29 is 18.7 Å². The highest BCUT2D eigenvalue weighted by atomic mass is 16.5. The lowest BCUT2D eigenvalue weighted by Crippen LogP contribution is -2.48. The van der Waals surface area contributed by atoms with E-state index < -0.39 is 0 Å². The number of aromatic nitrogens is 1. The van der Waals surface area contributed by atoms with Gasteiger partial charge >= 0.3 is 0 Å². The number of hydrogen-bond acceptors (Lipinski definition) is 6. The Morgan fingerprint density at radius 1 is 0.935 bits per heavy atom. The predicted octanol–water partition coefficient (Wildman–Crippen LogP) is 3.64. The van der Waals surface area contributed by atoms with Crippen molar-refractivity contribution in [1.29, 1.82) is 0 Å². The monoisotopic (exact) mass is 421 g/mol. The molecule has 1 aromatic heterocycles. The van der Waals surface area contributed by atoms with Crippen LogP contribution >= 0.6 is 0 Å². The second kappa shape index (κ2) is 9.55. The molecule has 7 heteroatoms. The van der Waals surface area contributed by atoms with Crippen molar-refractivity contribution in [3.63, 3.8) is 0 Å². The van der Waals surface area contributed by atoms with Crippen LogP contribution in [0.3, 0.4) is 0 Å². The van der Waals surface area contributed by atoms with E-state index in [0.717, 1.165) is 35.8 Å². The predicted molar refractivity (Wildman–Crippen MR) is 119 cm³/mol. The van der Waals surface area contributed by atoms with Crippen LogP contribution in [0.15, 0.2) is 59.1 Å². The van der Waals surface area contributed by atoms with Crippen LogP contribution in [0, 0.1) is 0 Å². The third-order valence-corrected chi connectivity index (χ3v) is 5.55. The Labute approximate surface area is 182 Å². The van der Waals surface area contributed by atoms with Gasteiger partial charge < -0.3 is 23.7 Å². The molecule has 0 atom stereocenters. The molecule has 1 saturated heterocycles. The number of benzene rings is 2. The van der Waals surface area contributed by atoms with Crippen molar-refractivity contribution in [3.8, 4) is 22.8 Å². The van der Waals surface area contributed by atoms with E-state index in [1.807, 2.05) is 41.3 Å². The molecule has 0 saturated carbocycles. The quantitative estimate of drug-likeness (QED) is 0.580. The first kappa shape index (κ1) is 20.8. The molecule has 0 radical (unpaired) electrons. The number of methoxy groups -OCH3 is 2. The van der Waals surface area contributed by atoms with E-state index >= 15 is 0 Å². The fraction of sp³-hybridized carbons (Fsp3) is 0.333. The van der Waals surface area contributed by atoms with Crippen molar-refractivity contribution in [2.75, 3.05) is 45.3 Å². The summed E-state index contributed by atoms with van der Waals surface area (Å²) >= 11 is 0. The molecule has 7 nitrogen and oxygen atoms in total. The summed E-state index contributed by atoms with van der Waals surface area (Å²) in [5.74, 6) is 3.05. The van der Waals surface area contributed by atoms with E-state index in [1.165, 1.54) is 0 Å². The highest BCUT2D eigenvalue weighted by Gasteiger charge is 2.21. The van der Waals surface area contributed by atoms with Gasteiger partial charge in [0.1, 0.15) is 11.5 Å². The number of amides is 1. The molecule has 0 N–H and O–H groups in total. The molecule has 3 aromatic rings. The summed E-state index contributed by atoms with van der Waals surface area (Å²) in [6.07, 6.45) is 2.59. The molecule has 2 aromatic carbocycles. The van der Waals surface area contributed by atoms with Crippen LogP contribution in [0.1, 0.15) is 12.3 Å². The standard InChI is InChI=1S/C24H27N3O4/c1-29-20-7-3-18(4-8-20)22-17-25-23(31-22)11-12-24(28)27-15-13-26(14-16-27)19-5-9-21(30-2)10-6-19/h3-10,17H,11-16H2,1-2H3. The van der Waals surface area contributed by atoms with Gasteiger partial charge in [0.15, 0.2) is 11.7 Å². The third kappa shape index (κ3) is 4.99. The van der Waals surface area contributed by atoms with Crippen LogP contribution in [0.25, 0.3) is 11.3 Å². The zero-order valence-corrected chi connectivity index (χ0v) is 17.9. The van der Waals surface area contributed by atoms with E-state index in [4.69, 9.17) is 13.9 Å². The maximum absolute atomic E-state index is 12.7. The molecule has 1 aliphatic heterocycles. The zero-order chi connectivity index (χ0) is 21.6. The number of aryl methyl sites for hydroxylation is 1. The fourth-order valence-corrected chi connectivity index (χ4v) is 3.69. The number of anilines is 1. The van der Waals surface area contributed by atoms with Crippen LogP contribution in [0.2, 0.25) is 0 Å². The Morgan fingerprint density at radius 2 is 1.55 bits per heavy atom. The van der Waals surface area contributed by atoms with Gasteiger partial charge in [-0.1, -0.05) is 0 Å². The molecule has 4 rings (SSSR count). The lowest BCUT2D eigenvalue weighted by molar-refractivity contribution is -0.131. The molecule has 2 heterocycles. The minimum absolute atomic E-state index is 0.138. The third-order valence-electron chi connectivity index (χ3n) is 5.55. The van der Waals surface area contributed by atoms with Gasteiger partial charge in [-0.2, -0.15) is 0 Å². The van der Waals surface area contributed by atoms with E-state index in [0.29, 0.717) is 37.6 Å². The summed E-state index contributed by atoms with van der Waals surface area (Å²) in [5, 5.41) is 0. The Bertz CT molecular complexity index is 990. The van der Waals surface area contributed by atoms with Gasteiger partial charge in [-0.05, 0) is 48.5 Å². The number of rotatable bonds is 7. The molecular formula is C24H27N3O4. The lowest BCUT2D eigenvalue weighted by atomic mass is 10.2. The maximum Gasteiger partial charge on any atom is 0.223 e. The minimum Gasteiger partial charge on any atom is -0.497 e. The molecular weight excluding hydrogens is 394 g/mol. The topological polar surface area (TPSA) is 68.0 Å². The van der Waals surface area contributed by atoms with Crippen molar-refractivity contribution in [2.45, 2.75) is 12.8 Å². The summed E-state index contributed by atoms with van der Waals surface area (Å²) in [7, 11) is 3.30. The van der Waals surface area contributed by atoms with Gasteiger partial charge in [-0.3, -0.25) is 4.79 Å². The van der Waals surface area contributed by atoms with Crippen molar-refractivity contribution >= 4 is 11.6 Å². The number of oxazole rings is 1. The Hall–Kier alpha value is -3.48. The largest absolute Gasteiger partial charge is 0.497 e. The summed E-state index contributed by atoms with van der Waals surface area (Å²) in [6, 6.07) is 15.7. The fourth-order valence-electron chi connectivity index (χ4n) is 3.69. The van der Waals surface area contributed by atoms with E-state index in [1.54, 1.807) is 20.4 Å². The molecule has 0 aliphatic carbocycles. The smallest absolute Gasteiger partial charge is 0.223 e. The Balaban J connectivity index is 1.26. The van der Waals surface area contributed by atoms with Crippen LogP contribution < -0.4 is 14.4 Å². The summed E-state index contributed by atoms with van der Waals surface area (Å²) in [6.45, 7) is 3.07. The van der Waals surface area contributed by atoms with Gasteiger partial charge in [-0.15, -0.1) is 0 Å². The van der Waals surface area contributed by atoms with Gasteiger partial charge in [0, 0.05) is 50.3 Å². The summed E-state index contributed by atoms with van der Waals surface area (Å²) in [4.78, 5) is 21.2. The first-order valence-corrected chi connectivity index (χ1v) is 10.4. The van der Waals surface area contributed by atoms with Gasteiger partial charge in [-0.25, -0.2) is 4.98 Å². The number of carbonyl (C=O) groups is 1. The van der Waals surface area contributed by atoms with E-state index in [9.17, 15) is 4.79 Å². The van der Waals surface area contributed by atoms with Gasteiger partial charge in [0.2, 0.25) is 5.91 Å². The van der Waals surface area contributed by atoms with Crippen molar-refractivity contribution in [2.24, 2.45) is 0 Å². The molecule has 0 spiro atoms. The lowest BCUT2D eigenvalue weighted by Gasteiger charge is -2.36. The summed E-state index contributed by atoms with van der Waals surface area (Å²) < 4.78 is 16.2. The number of carbonyl (C=O) groups excluding carboxylic acids is 1. The highest BCUT2D eigenvalue weighted by molar-refractivity contribution is 5.76. The highest BCUT2D eigenvalue weighted by Crippen LogP contribution is 2.24. The second-order valence-corrected chi connectivity index (χ2v) is 7.41.